The number of anilines is 3. The van der Waals surface area contributed by atoms with Gasteiger partial charge in [0, 0.05) is 16.6 Å². The Balaban J connectivity index is 0.000000181. The molecule has 1 atom stereocenters. The van der Waals surface area contributed by atoms with E-state index in [4.69, 9.17) is 24.7 Å². The van der Waals surface area contributed by atoms with Gasteiger partial charge in [0.25, 0.3) is 10.4 Å². The normalized spacial score (nSPS) is 12.0. The summed E-state index contributed by atoms with van der Waals surface area (Å²) in [6, 6.07) is 13.3. The largest absolute Gasteiger partial charge is 0.497 e. The summed E-state index contributed by atoms with van der Waals surface area (Å²) in [6.07, 6.45) is 0. The molecule has 7 rings (SSSR count). The SMILES string of the molecule is COc1ccc(Nc2nnc(CO)s2)c(C(C)(C#N)c2nnc(OC)s2)c1.COc1ccc2c(c1)c(-c1nnc(OC)s1)c(N)n2-c1nnc(CO)s1. The summed E-state index contributed by atoms with van der Waals surface area (Å²) in [6.45, 7) is 1.40. The van der Waals surface area contributed by atoms with E-state index in [2.05, 4.69) is 52.2 Å². The highest BCUT2D eigenvalue weighted by atomic mass is 32.1. The number of rotatable bonds is 12. The van der Waals surface area contributed by atoms with Crippen molar-refractivity contribution in [1.82, 2.24) is 45.4 Å². The number of methoxy groups -OCH3 is 4. The van der Waals surface area contributed by atoms with E-state index in [0.717, 1.165) is 16.5 Å². The van der Waals surface area contributed by atoms with Crippen molar-refractivity contribution in [1.29, 1.82) is 5.26 Å². The van der Waals surface area contributed by atoms with Gasteiger partial charge in [-0.15, -0.1) is 30.6 Å². The van der Waals surface area contributed by atoms with Gasteiger partial charge in [-0.2, -0.15) is 5.26 Å². The van der Waals surface area contributed by atoms with E-state index < -0.39 is 5.41 Å². The zero-order valence-corrected chi connectivity index (χ0v) is 31.9. The molecule has 5 aromatic heterocycles. The van der Waals surface area contributed by atoms with Crippen LogP contribution in [0.15, 0.2) is 36.4 Å². The molecule has 53 heavy (non-hydrogen) atoms. The Morgan fingerprint density at radius 2 is 1.45 bits per heavy atom. The first kappa shape index (κ1) is 37.2. The van der Waals surface area contributed by atoms with Crippen LogP contribution in [-0.4, -0.2) is 84.0 Å². The zero-order valence-electron chi connectivity index (χ0n) is 28.6. The van der Waals surface area contributed by atoms with E-state index in [9.17, 15) is 15.5 Å². The number of aliphatic hydroxyl groups excluding tert-OH is 2. The molecule has 0 fully saturated rings. The molecule has 22 heteroatoms. The predicted molar refractivity (Wildman–Crippen MR) is 200 cm³/mol. The number of aromatic nitrogens is 9. The maximum atomic E-state index is 9.99. The molecule has 0 spiro atoms. The molecule has 0 aliphatic carbocycles. The minimum atomic E-state index is -1.10. The molecule has 0 radical (unpaired) electrons. The molecule has 274 valence electrons. The van der Waals surface area contributed by atoms with Gasteiger partial charge in [0.1, 0.15) is 37.8 Å². The summed E-state index contributed by atoms with van der Waals surface area (Å²) >= 11 is 4.99. The van der Waals surface area contributed by atoms with E-state index in [0.29, 0.717) is 69.2 Å². The number of hydrogen-bond donors (Lipinski definition) is 4. The Labute approximate surface area is 317 Å². The number of nitrogens with one attached hydrogen (secondary N) is 1. The van der Waals surface area contributed by atoms with Crippen molar-refractivity contribution in [3.05, 3.63) is 57.0 Å². The number of fused-ring (bicyclic) bond motifs is 1. The maximum absolute atomic E-state index is 9.99. The molecule has 2 aromatic carbocycles. The maximum Gasteiger partial charge on any atom is 0.294 e. The average Bonchev–Trinajstić information content (AvgIpc) is 4.05. The fourth-order valence-corrected chi connectivity index (χ4v) is 7.85. The number of benzene rings is 2. The van der Waals surface area contributed by atoms with Crippen molar-refractivity contribution in [2.75, 3.05) is 39.5 Å². The van der Waals surface area contributed by atoms with Crippen molar-refractivity contribution in [3.63, 3.8) is 0 Å². The summed E-state index contributed by atoms with van der Waals surface area (Å²) in [5.74, 6) is 1.75. The summed E-state index contributed by atoms with van der Waals surface area (Å²) in [7, 11) is 6.20. The summed E-state index contributed by atoms with van der Waals surface area (Å²) in [5, 5.41) is 68.7. The quantitative estimate of drug-likeness (QED) is 0.132. The third-order valence-corrected chi connectivity index (χ3v) is 11.4. The van der Waals surface area contributed by atoms with Crippen molar-refractivity contribution in [2.45, 2.75) is 25.6 Å². The van der Waals surface area contributed by atoms with Crippen LogP contribution >= 0.6 is 45.3 Å². The van der Waals surface area contributed by atoms with Gasteiger partial charge in [-0.05, 0) is 43.3 Å². The van der Waals surface area contributed by atoms with Crippen LogP contribution in [0.5, 0.6) is 21.9 Å². The van der Waals surface area contributed by atoms with E-state index in [1.807, 2.05) is 18.2 Å². The molecule has 7 aromatic rings. The van der Waals surface area contributed by atoms with E-state index in [-0.39, 0.29) is 13.2 Å². The number of ether oxygens (including phenoxy) is 4. The first-order valence-electron chi connectivity index (χ1n) is 15.2. The molecule has 18 nitrogen and oxygen atoms in total. The second-order valence-electron chi connectivity index (χ2n) is 10.7. The van der Waals surface area contributed by atoms with Crippen molar-refractivity contribution < 1.29 is 29.2 Å². The van der Waals surface area contributed by atoms with E-state index in [1.165, 1.54) is 59.6 Å². The van der Waals surface area contributed by atoms with Gasteiger partial charge in [0.15, 0.2) is 5.01 Å². The average molecular weight is 795 g/mol. The smallest absolute Gasteiger partial charge is 0.294 e. The zero-order chi connectivity index (χ0) is 37.7. The van der Waals surface area contributed by atoms with Gasteiger partial charge in [-0.1, -0.05) is 55.5 Å². The predicted octanol–water partition coefficient (Wildman–Crippen LogP) is 4.56. The molecule has 0 aliphatic heterocycles. The standard InChI is InChI=1S/C16H16N6O3S2.C15H14N6O3S2/c1-16(8-17,13-20-22-15(25-3)27-13)10-6-9(24-2)4-5-11(10)18-14-21-19-12(7-23)26-14;1-23-7-3-4-9-8(5-7)11(13-18-20-15(24-2)26-13)12(16)21(9)14-19-17-10(6-22)25-14/h4-6,23H,7H2,1-3H3,(H,18,21);3-5,22H,6,16H2,1-2H3. The molecule has 0 bridgehead atoms. The van der Waals surface area contributed by atoms with Crippen LogP contribution in [-0.2, 0) is 18.6 Å². The third kappa shape index (κ3) is 7.38. The number of hydrogen-bond acceptors (Lipinski definition) is 21. The van der Waals surface area contributed by atoms with Gasteiger partial charge in [-0.25, -0.2) is 0 Å². The lowest BCUT2D eigenvalue weighted by molar-refractivity contribution is 0.280. The van der Waals surface area contributed by atoms with E-state index >= 15 is 0 Å². The number of nitriles is 1. The monoisotopic (exact) mass is 794 g/mol. The second-order valence-corrected chi connectivity index (χ2v) is 14.7. The van der Waals surface area contributed by atoms with Gasteiger partial charge in [0.05, 0.1) is 58.8 Å². The molecular formula is C31H30N12O6S4. The molecule has 0 aliphatic rings. The molecule has 5 heterocycles. The van der Waals surface area contributed by atoms with Gasteiger partial charge in [0.2, 0.25) is 10.3 Å². The van der Waals surface area contributed by atoms with Crippen molar-refractivity contribution in [3.8, 4) is 43.7 Å². The molecule has 0 saturated heterocycles. The lowest BCUT2D eigenvalue weighted by Gasteiger charge is -2.23. The minimum Gasteiger partial charge on any atom is -0.497 e. The number of aliphatic hydroxyl groups is 2. The van der Waals surface area contributed by atoms with Crippen LogP contribution < -0.4 is 30.0 Å². The molecule has 0 amide bonds. The number of nitrogen functional groups attached to an aromatic ring is 1. The summed E-state index contributed by atoms with van der Waals surface area (Å²) in [4.78, 5) is 0. The first-order valence-corrected chi connectivity index (χ1v) is 18.4. The topological polar surface area (TPSA) is 247 Å². The van der Waals surface area contributed by atoms with Crippen LogP contribution in [0, 0.1) is 11.3 Å². The van der Waals surface area contributed by atoms with Gasteiger partial charge in [-0.3, -0.25) is 4.57 Å². The van der Waals surface area contributed by atoms with Crippen molar-refractivity contribution in [2.24, 2.45) is 0 Å². The molecular weight excluding hydrogens is 765 g/mol. The fraction of sp³-hybridized carbons (Fsp3) is 0.258. The van der Waals surface area contributed by atoms with Gasteiger partial charge >= 0.3 is 0 Å². The molecule has 1 unspecified atom stereocenters. The highest BCUT2D eigenvalue weighted by molar-refractivity contribution is 7.16. The second kappa shape index (κ2) is 16.0. The minimum absolute atomic E-state index is 0.176. The third-order valence-electron chi connectivity index (χ3n) is 7.63. The highest BCUT2D eigenvalue weighted by Crippen LogP contribution is 2.43. The van der Waals surface area contributed by atoms with Crippen LogP contribution in [0.4, 0.5) is 16.6 Å². The summed E-state index contributed by atoms with van der Waals surface area (Å²) in [5.41, 5.74) is 8.21. The number of nitrogens with zero attached hydrogens (tertiary/aromatic N) is 10. The first-order chi connectivity index (χ1) is 25.7. The number of nitrogens with two attached hydrogens (primary N) is 1. The molecule has 5 N–H and O–H groups in total. The van der Waals surface area contributed by atoms with Crippen molar-refractivity contribution >= 4 is 72.9 Å². The van der Waals surface area contributed by atoms with Crippen LogP contribution in [0.3, 0.4) is 0 Å². The Morgan fingerprint density at radius 1 is 0.792 bits per heavy atom. The summed E-state index contributed by atoms with van der Waals surface area (Å²) < 4.78 is 22.7. The Kier molecular flexibility index (Phi) is 11.2. The Morgan fingerprint density at radius 3 is 2.08 bits per heavy atom. The lowest BCUT2D eigenvalue weighted by Crippen LogP contribution is -2.22. The Hall–Kier alpha value is -5.57. The van der Waals surface area contributed by atoms with Gasteiger partial charge < -0.3 is 40.2 Å². The van der Waals surface area contributed by atoms with Crippen LogP contribution in [0.25, 0.3) is 26.6 Å². The van der Waals surface area contributed by atoms with E-state index in [1.54, 1.807) is 43.9 Å². The van der Waals surface area contributed by atoms with Crippen LogP contribution in [0.1, 0.15) is 27.5 Å². The Bertz CT molecular complexity index is 2400. The molecule has 0 saturated carbocycles. The van der Waals surface area contributed by atoms with Crippen LogP contribution in [0.2, 0.25) is 0 Å². The highest BCUT2D eigenvalue weighted by Gasteiger charge is 2.36. The fourth-order valence-electron chi connectivity index (χ4n) is 5.01. The lowest BCUT2D eigenvalue weighted by atomic mass is 9.83.